The number of hydrogen-bond acceptors (Lipinski definition) is 5. The van der Waals surface area contributed by atoms with Gasteiger partial charge in [-0.1, -0.05) is 15.9 Å². The average Bonchev–Trinajstić information content (AvgIpc) is 2.85. The molecule has 126 valence electrons. The number of anilines is 1. The van der Waals surface area contributed by atoms with Crippen LogP contribution in [0.5, 0.6) is 0 Å². The van der Waals surface area contributed by atoms with Gasteiger partial charge < -0.3 is 15.0 Å². The lowest BCUT2D eigenvalue weighted by Gasteiger charge is -2.24. The fraction of sp³-hybridized carbons (Fsp3) is 0.533. The highest BCUT2D eigenvalue weighted by atomic mass is 79.9. The summed E-state index contributed by atoms with van der Waals surface area (Å²) >= 11 is 3.32. The zero-order valence-electron chi connectivity index (χ0n) is 13.3. The van der Waals surface area contributed by atoms with Gasteiger partial charge in [0.25, 0.3) is 5.69 Å². The molecule has 1 saturated heterocycles. The Labute approximate surface area is 143 Å². The van der Waals surface area contributed by atoms with Crippen molar-refractivity contribution in [3.05, 3.63) is 32.8 Å². The number of nitrogens with zero attached hydrogens (tertiary/aromatic N) is 2. The van der Waals surface area contributed by atoms with Gasteiger partial charge in [-0.3, -0.25) is 10.1 Å². The van der Waals surface area contributed by atoms with Crippen LogP contribution < -0.4 is 5.32 Å². The normalized spacial score (nSPS) is 17.9. The molecule has 0 radical (unpaired) electrons. The minimum Gasteiger partial charge on any atom is -0.444 e. The van der Waals surface area contributed by atoms with Gasteiger partial charge in [0.1, 0.15) is 11.3 Å². The van der Waals surface area contributed by atoms with Gasteiger partial charge in [0, 0.05) is 29.7 Å². The summed E-state index contributed by atoms with van der Waals surface area (Å²) in [4.78, 5) is 24.3. The van der Waals surface area contributed by atoms with E-state index >= 15 is 0 Å². The Balaban J connectivity index is 2.02. The molecule has 1 aromatic carbocycles. The molecule has 2 rings (SSSR count). The number of nitro groups is 1. The van der Waals surface area contributed by atoms with Crippen LogP contribution in [0.3, 0.4) is 0 Å². The molecule has 0 bridgehead atoms. The summed E-state index contributed by atoms with van der Waals surface area (Å²) in [6.07, 6.45) is 0.355. The summed E-state index contributed by atoms with van der Waals surface area (Å²) in [6.45, 7) is 6.48. The maximum Gasteiger partial charge on any atom is 0.410 e. The number of carbonyl (C=O) groups is 1. The molecule has 1 N–H and O–H groups in total. The summed E-state index contributed by atoms with van der Waals surface area (Å²) in [5.74, 6) is 0. The molecule has 0 saturated carbocycles. The SMILES string of the molecule is CC(C)(C)OC(=O)N1CCC(Nc2cc(Br)ccc2[N+](=O)[O-])C1. The molecule has 1 aromatic rings. The third-order valence-corrected chi connectivity index (χ3v) is 3.85. The molecule has 7 nitrogen and oxygen atoms in total. The second-order valence-corrected chi connectivity index (χ2v) is 7.39. The third-order valence-electron chi connectivity index (χ3n) is 3.35. The molecular formula is C15H20BrN3O4. The van der Waals surface area contributed by atoms with Crippen molar-refractivity contribution >= 4 is 33.4 Å². The number of ether oxygens (including phenoxy) is 1. The smallest absolute Gasteiger partial charge is 0.410 e. The predicted octanol–water partition coefficient (Wildman–Crippen LogP) is 3.78. The lowest BCUT2D eigenvalue weighted by atomic mass is 10.2. The molecule has 1 unspecified atom stereocenters. The van der Waals surface area contributed by atoms with Crippen molar-refractivity contribution < 1.29 is 14.5 Å². The maximum absolute atomic E-state index is 12.0. The second kappa shape index (κ2) is 6.74. The van der Waals surface area contributed by atoms with Gasteiger partial charge >= 0.3 is 6.09 Å². The fourth-order valence-electron chi connectivity index (χ4n) is 2.37. The van der Waals surface area contributed by atoms with Crippen molar-refractivity contribution in [1.29, 1.82) is 0 Å². The van der Waals surface area contributed by atoms with E-state index in [9.17, 15) is 14.9 Å². The third kappa shape index (κ3) is 4.82. The largest absolute Gasteiger partial charge is 0.444 e. The zero-order valence-corrected chi connectivity index (χ0v) is 14.9. The first-order valence-corrected chi connectivity index (χ1v) is 8.13. The van der Waals surface area contributed by atoms with Crippen molar-refractivity contribution in [1.82, 2.24) is 4.90 Å². The van der Waals surface area contributed by atoms with Crippen molar-refractivity contribution in [3.8, 4) is 0 Å². The number of halogens is 1. The van der Waals surface area contributed by atoms with Crippen molar-refractivity contribution in [3.63, 3.8) is 0 Å². The monoisotopic (exact) mass is 385 g/mol. The summed E-state index contributed by atoms with van der Waals surface area (Å²) < 4.78 is 6.10. The van der Waals surface area contributed by atoms with E-state index < -0.39 is 10.5 Å². The average molecular weight is 386 g/mol. The summed E-state index contributed by atoms with van der Waals surface area (Å²) in [6, 6.07) is 4.71. The van der Waals surface area contributed by atoms with Gasteiger partial charge in [0.2, 0.25) is 0 Å². The lowest BCUT2D eigenvalue weighted by molar-refractivity contribution is -0.384. The Morgan fingerprint density at radius 3 is 2.78 bits per heavy atom. The number of likely N-dealkylation sites (tertiary alicyclic amines) is 1. The molecule has 1 heterocycles. The van der Waals surface area contributed by atoms with Crippen LogP contribution in [0, 0.1) is 10.1 Å². The van der Waals surface area contributed by atoms with E-state index in [1.165, 1.54) is 6.07 Å². The summed E-state index contributed by atoms with van der Waals surface area (Å²) in [5.41, 5.74) is -0.0737. The molecule has 1 aliphatic rings. The topological polar surface area (TPSA) is 84.7 Å². The van der Waals surface area contributed by atoms with E-state index in [2.05, 4.69) is 21.2 Å². The zero-order chi connectivity index (χ0) is 17.2. The number of rotatable bonds is 3. The number of nitro benzene ring substituents is 1. The Morgan fingerprint density at radius 2 is 2.17 bits per heavy atom. The van der Waals surface area contributed by atoms with Crippen LogP contribution >= 0.6 is 15.9 Å². The molecule has 23 heavy (non-hydrogen) atoms. The molecule has 1 atom stereocenters. The summed E-state index contributed by atoms with van der Waals surface area (Å²) in [5, 5.41) is 14.3. The number of benzene rings is 1. The first kappa shape index (κ1) is 17.5. The quantitative estimate of drug-likeness (QED) is 0.631. The Bertz CT molecular complexity index is 615. The van der Waals surface area contributed by atoms with E-state index in [0.717, 1.165) is 4.47 Å². The molecular weight excluding hydrogens is 366 g/mol. The highest BCUT2D eigenvalue weighted by Crippen LogP contribution is 2.29. The molecule has 1 amide bonds. The van der Waals surface area contributed by atoms with Crippen LogP contribution in [0.2, 0.25) is 0 Å². The van der Waals surface area contributed by atoms with Crippen molar-refractivity contribution in [2.75, 3.05) is 18.4 Å². The highest BCUT2D eigenvalue weighted by Gasteiger charge is 2.30. The molecule has 1 fully saturated rings. The van der Waals surface area contributed by atoms with Gasteiger partial charge in [-0.15, -0.1) is 0 Å². The van der Waals surface area contributed by atoms with Crippen LogP contribution in [0.4, 0.5) is 16.2 Å². The van der Waals surface area contributed by atoms with E-state index in [-0.39, 0.29) is 17.8 Å². The first-order valence-electron chi connectivity index (χ1n) is 7.34. The summed E-state index contributed by atoms with van der Waals surface area (Å²) in [7, 11) is 0. The van der Waals surface area contributed by atoms with Gasteiger partial charge in [-0.25, -0.2) is 4.79 Å². The molecule has 8 heteroatoms. The van der Waals surface area contributed by atoms with E-state index in [1.807, 2.05) is 20.8 Å². The van der Waals surface area contributed by atoms with E-state index in [4.69, 9.17) is 4.74 Å². The molecule has 1 aliphatic heterocycles. The van der Waals surface area contributed by atoms with Gasteiger partial charge in [-0.2, -0.15) is 0 Å². The second-order valence-electron chi connectivity index (χ2n) is 6.47. The molecule has 0 aromatic heterocycles. The van der Waals surface area contributed by atoms with Crippen LogP contribution in [0.1, 0.15) is 27.2 Å². The Kier molecular flexibility index (Phi) is 5.13. The standard InChI is InChI=1S/C15H20BrN3O4/c1-15(2,3)23-14(20)18-7-6-11(9-18)17-12-8-10(16)4-5-13(12)19(21)22/h4-5,8,11,17H,6-7,9H2,1-3H3. The van der Waals surface area contributed by atoms with Crippen molar-refractivity contribution in [2.45, 2.75) is 38.8 Å². The van der Waals surface area contributed by atoms with Gasteiger partial charge in [0.15, 0.2) is 0 Å². The Morgan fingerprint density at radius 1 is 1.48 bits per heavy atom. The number of hydrogen-bond donors (Lipinski definition) is 1. The molecule has 0 spiro atoms. The lowest BCUT2D eigenvalue weighted by Crippen LogP contribution is -2.36. The van der Waals surface area contributed by atoms with E-state index in [1.54, 1.807) is 17.0 Å². The van der Waals surface area contributed by atoms with Crippen molar-refractivity contribution in [2.24, 2.45) is 0 Å². The highest BCUT2D eigenvalue weighted by molar-refractivity contribution is 9.10. The maximum atomic E-state index is 12.0. The van der Waals surface area contributed by atoms with Crippen LogP contribution in [0.15, 0.2) is 22.7 Å². The van der Waals surface area contributed by atoms with Gasteiger partial charge in [-0.05, 0) is 39.3 Å². The van der Waals surface area contributed by atoms with E-state index in [0.29, 0.717) is 25.2 Å². The first-order chi connectivity index (χ1) is 10.7. The minimum atomic E-state index is -0.536. The fourth-order valence-corrected chi connectivity index (χ4v) is 2.73. The van der Waals surface area contributed by atoms with Crippen LogP contribution in [-0.4, -0.2) is 40.6 Å². The van der Waals surface area contributed by atoms with Gasteiger partial charge in [0.05, 0.1) is 4.92 Å². The number of nitrogens with one attached hydrogen (secondary N) is 1. The van der Waals surface area contributed by atoms with Crippen LogP contribution in [0.25, 0.3) is 0 Å². The Hall–Kier alpha value is -1.83. The number of amides is 1. The van der Waals surface area contributed by atoms with Crippen LogP contribution in [-0.2, 0) is 4.74 Å². The molecule has 0 aliphatic carbocycles. The minimum absolute atomic E-state index is 0.0175. The number of carbonyl (C=O) groups excluding carboxylic acids is 1. The predicted molar refractivity (Wildman–Crippen MR) is 90.6 cm³/mol.